The highest BCUT2D eigenvalue weighted by Crippen LogP contribution is 2.45. The van der Waals surface area contributed by atoms with Gasteiger partial charge >= 0.3 is 12.1 Å². The average Bonchev–Trinajstić information content (AvgIpc) is 2.62. The van der Waals surface area contributed by atoms with E-state index in [2.05, 4.69) is 46.7 Å². The number of nitrogens with zero attached hydrogens (tertiary/aromatic N) is 1. The van der Waals surface area contributed by atoms with E-state index >= 15 is 0 Å². The molecule has 2 rings (SSSR count). The van der Waals surface area contributed by atoms with Gasteiger partial charge in [-0.2, -0.15) is 0 Å². The van der Waals surface area contributed by atoms with Gasteiger partial charge in [0.2, 0.25) is 5.95 Å². The summed E-state index contributed by atoms with van der Waals surface area (Å²) in [4.78, 5) is 42.8. The third-order valence-corrected chi connectivity index (χ3v) is 5.73. The molecule has 0 saturated heterocycles. The van der Waals surface area contributed by atoms with Crippen LogP contribution in [0.15, 0.2) is 10.9 Å². The molecule has 3 amide bonds. The van der Waals surface area contributed by atoms with Crippen molar-refractivity contribution in [3.05, 3.63) is 22.1 Å². The standard InChI is InChI=1S/C22H37N5O4/c1-7-16(8-2)31-20(30)25-15-10-21(4,5)12-22(6,11-15)13-23-19(29)27-18-24-14(3)9-17(28)26-18/h9,15-16H,7-8,10-13H2,1-6H3,(H,25,30)(H3,23,24,26,27,28,29). The average molecular weight is 436 g/mol. The van der Waals surface area contributed by atoms with Gasteiger partial charge in [-0.3, -0.25) is 15.1 Å². The summed E-state index contributed by atoms with van der Waals surface area (Å²) < 4.78 is 5.51. The highest BCUT2D eigenvalue weighted by molar-refractivity contribution is 5.87. The molecule has 1 heterocycles. The van der Waals surface area contributed by atoms with E-state index in [4.69, 9.17) is 4.74 Å². The first-order chi connectivity index (χ1) is 14.4. The molecule has 1 aromatic rings. The molecule has 1 aromatic heterocycles. The Hall–Kier alpha value is -2.58. The molecule has 1 aliphatic carbocycles. The second kappa shape index (κ2) is 10.2. The summed E-state index contributed by atoms with van der Waals surface area (Å²) in [7, 11) is 0. The number of ether oxygens (including phenoxy) is 1. The maximum atomic E-state index is 12.4. The van der Waals surface area contributed by atoms with E-state index in [1.807, 2.05) is 13.8 Å². The van der Waals surface area contributed by atoms with E-state index < -0.39 is 6.03 Å². The fraction of sp³-hybridized carbons (Fsp3) is 0.727. The lowest BCUT2D eigenvalue weighted by atomic mass is 9.62. The van der Waals surface area contributed by atoms with E-state index in [1.165, 1.54) is 6.07 Å². The van der Waals surface area contributed by atoms with E-state index in [9.17, 15) is 14.4 Å². The highest BCUT2D eigenvalue weighted by Gasteiger charge is 2.42. The molecule has 2 unspecified atom stereocenters. The lowest BCUT2D eigenvalue weighted by Crippen LogP contribution is -2.51. The first-order valence-corrected chi connectivity index (χ1v) is 11.0. The van der Waals surface area contributed by atoms with Crippen LogP contribution < -0.4 is 21.5 Å². The van der Waals surface area contributed by atoms with E-state index in [0.29, 0.717) is 12.2 Å². The molecule has 4 N–H and O–H groups in total. The van der Waals surface area contributed by atoms with Crippen molar-refractivity contribution in [1.82, 2.24) is 20.6 Å². The van der Waals surface area contributed by atoms with E-state index in [-0.39, 0.29) is 40.6 Å². The van der Waals surface area contributed by atoms with Crippen molar-refractivity contribution in [3.63, 3.8) is 0 Å². The van der Waals surface area contributed by atoms with Crippen LogP contribution in [0, 0.1) is 17.8 Å². The smallest absolute Gasteiger partial charge is 0.407 e. The number of amides is 3. The molecule has 0 aliphatic heterocycles. The first kappa shape index (κ1) is 24.7. The molecule has 1 fully saturated rings. The number of urea groups is 1. The zero-order chi connectivity index (χ0) is 23.2. The van der Waals surface area contributed by atoms with Crippen LogP contribution in [0.3, 0.4) is 0 Å². The summed E-state index contributed by atoms with van der Waals surface area (Å²) in [6.07, 6.45) is 3.61. The quantitative estimate of drug-likeness (QED) is 0.520. The molecule has 174 valence electrons. The first-order valence-electron chi connectivity index (χ1n) is 11.0. The number of nitrogens with one attached hydrogen (secondary N) is 4. The van der Waals surface area contributed by atoms with Gasteiger partial charge in [-0.05, 0) is 49.9 Å². The second-order valence-electron chi connectivity index (χ2n) is 9.79. The number of hydrogen-bond acceptors (Lipinski definition) is 5. The SMILES string of the molecule is CCC(CC)OC(=O)NC1CC(C)(C)CC(C)(CNC(=O)Nc2nc(C)cc(=O)[nH]2)C1. The zero-order valence-corrected chi connectivity index (χ0v) is 19.6. The van der Waals surface area contributed by atoms with Crippen LogP contribution in [-0.2, 0) is 4.74 Å². The van der Waals surface area contributed by atoms with Gasteiger partial charge in [0.05, 0.1) is 0 Å². The van der Waals surface area contributed by atoms with Gasteiger partial charge in [-0.25, -0.2) is 14.6 Å². The predicted octanol–water partition coefficient (Wildman–Crippen LogP) is 3.70. The monoisotopic (exact) mass is 435 g/mol. The Morgan fingerprint density at radius 3 is 2.55 bits per heavy atom. The Labute approximate surface area is 184 Å². The number of hydrogen-bond donors (Lipinski definition) is 4. The van der Waals surface area contributed by atoms with Crippen LogP contribution in [0.4, 0.5) is 15.5 Å². The largest absolute Gasteiger partial charge is 0.446 e. The third kappa shape index (κ3) is 7.88. The number of H-pyrrole nitrogens is 1. The fourth-order valence-corrected chi connectivity index (χ4v) is 4.76. The van der Waals surface area contributed by atoms with Crippen LogP contribution in [-0.4, -0.2) is 40.8 Å². The third-order valence-electron chi connectivity index (χ3n) is 5.73. The summed E-state index contributed by atoms with van der Waals surface area (Å²) in [5.74, 6) is 0.111. The van der Waals surface area contributed by atoms with Gasteiger partial charge in [-0.15, -0.1) is 0 Å². The number of aryl methyl sites for hydroxylation is 1. The van der Waals surface area contributed by atoms with E-state index in [1.54, 1.807) is 6.92 Å². The number of rotatable bonds is 7. The molecule has 1 saturated carbocycles. The summed E-state index contributed by atoms with van der Waals surface area (Å²) in [6, 6.07) is 0.890. The minimum Gasteiger partial charge on any atom is -0.446 e. The topological polar surface area (TPSA) is 125 Å². The van der Waals surface area contributed by atoms with E-state index in [0.717, 1.165) is 32.1 Å². The maximum absolute atomic E-state index is 12.4. The second-order valence-corrected chi connectivity index (χ2v) is 9.79. The van der Waals surface area contributed by atoms with Gasteiger partial charge in [0, 0.05) is 24.3 Å². The molecular formula is C22H37N5O4. The van der Waals surface area contributed by atoms with Crippen LogP contribution in [0.2, 0.25) is 0 Å². The van der Waals surface area contributed by atoms with Crippen LogP contribution >= 0.6 is 0 Å². The van der Waals surface area contributed by atoms with Crippen molar-refractivity contribution < 1.29 is 14.3 Å². The Morgan fingerprint density at radius 2 is 1.94 bits per heavy atom. The molecule has 2 atom stereocenters. The molecule has 0 bridgehead atoms. The lowest BCUT2D eigenvalue weighted by Gasteiger charge is -2.46. The number of aromatic nitrogens is 2. The number of carbonyl (C=O) groups is 2. The molecule has 9 nitrogen and oxygen atoms in total. The van der Waals surface area contributed by atoms with Crippen LogP contribution in [0.1, 0.15) is 72.4 Å². The predicted molar refractivity (Wildman–Crippen MR) is 120 cm³/mol. The minimum atomic E-state index is -0.434. The van der Waals surface area contributed by atoms with Gasteiger partial charge in [-0.1, -0.05) is 34.6 Å². The van der Waals surface area contributed by atoms with Crippen molar-refractivity contribution in [2.75, 3.05) is 11.9 Å². The van der Waals surface area contributed by atoms with Gasteiger partial charge in [0.25, 0.3) is 5.56 Å². The molecule has 1 aliphatic rings. The van der Waals surface area contributed by atoms with Crippen LogP contribution in [0.25, 0.3) is 0 Å². The lowest BCUT2D eigenvalue weighted by molar-refractivity contribution is 0.0557. The van der Waals surface area contributed by atoms with Crippen molar-refractivity contribution in [2.24, 2.45) is 10.8 Å². The summed E-state index contributed by atoms with van der Waals surface area (Å²) in [5, 5.41) is 8.49. The molecular weight excluding hydrogens is 398 g/mol. The highest BCUT2D eigenvalue weighted by atomic mass is 16.6. The Bertz CT molecular complexity index is 833. The van der Waals surface area contributed by atoms with Gasteiger partial charge in [0.15, 0.2) is 0 Å². The molecule has 0 aromatic carbocycles. The van der Waals surface area contributed by atoms with Gasteiger partial charge < -0.3 is 15.4 Å². The summed E-state index contributed by atoms with van der Waals surface area (Å²) >= 11 is 0. The minimum absolute atomic E-state index is 0.00134. The van der Waals surface area contributed by atoms with Crippen molar-refractivity contribution in [1.29, 1.82) is 0 Å². The summed E-state index contributed by atoms with van der Waals surface area (Å²) in [6.45, 7) is 12.6. The fourth-order valence-electron chi connectivity index (χ4n) is 4.76. The molecule has 31 heavy (non-hydrogen) atoms. The molecule has 0 radical (unpaired) electrons. The zero-order valence-electron chi connectivity index (χ0n) is 19.6. The molecule has 9 heteroatoms. The van der Waals surface area contributed by atoms with Crippen molar-refractivity contribution in [2.45, 2.75) is 85.8 Å². The Morgan fingerprint density at radius 1 is 1.26 bits per heavy atom. The van der Waals surface area contributed by atoms with Gasteiger partial charge in [0.1, 0.15) is 6.10 Å². The maximum Gasteiger partial charge on any atom is 0.407 e. The Balaban J connectivity index is 1.96. The molecule has 0 spiro atoms. The number of aromatic amines is 1. The van der Waals surface area contributed by atoms with Crippen molar-refractivity contribution >= 4 is 18.1 Å². The number of carbonyl (C=O) groups excluding carboxylic acids is 2. The number of alkyl carbamates (subject to hydrolysis) is 1. The normalized spacial score (nSPS) is 22.6. The van der Waals surface area contributed by atoms with Crippen LogP contribution in [0.5, 0.6) is 0 Å². The summed E-state index contributed by atoms with van der Waals surface area (Å²) in [5.41, 5.74) is -0.00648. The van der Waals surface area contributed by atoms with Crippen molar-refractivity contribution in [3.8, 4) is 0 Å². The number of anilines is 1. The Kier molecular flexibility index (Phi) is 8.08.